The highest BCUT2D eigenvalue weighted by molar-refractivity contribution is 7.99. The van der Waals surface area contributed by atoms with Gasteiger partial charge in [-0.25, -0.2) is 4.79 Å². The molecule has 0 fully saturated rings. The van der Waals surface area contributed by atoms with Crippen molar-refractivity contribution in [2.24, 2.45) is 0 Å². The maximum absolute atomic E-state index is 11.7. The molecule has 0 bridgehead atoms. The average molecular weight is 362 g/mol. The maximum Gasteiger partial charge on any atom is 0.327 e. The van der Waals surface area contributed by atoms with Crippen LogP contribution in [0.1, 0.15) is 18.5 Å². The molecule has 0 unspecified atom stereocenters. The fraction of sp³-hybridized carbons (Fsp3) is 0.294. The van der Waals surface area contributed by atoms with Crippen LogP contribution in [0.25, 0.3) is 10.9 Å². The zero-order valence-electron chi connectivity index (χ0n) is 13.6. The number of para-hydroxylation sites is 1. The Labute approximate surface area is 148 Å². The second-order valence-corrected chi connectivity index (χ2v) is 6.50. The van der Waals surface area contributed by atoms with Gasteiger partial charge in [-0.05, 0) is 19.1 Å². The predicted molar refractivity (Wildman–Crippen MR) is 93.6 cm³/mol. The van der Waals surface area contributed by atoms with Crippen LogP contribution in [-0.2, 0) is 14.4 Å². The number of nitrogens with one attached hydrogen (secondary N) is 1. The topological polar surface area (TPSA) is 117 Å². The van der Waals surface area contributed by atoms with Crippen LogP contribution >= 0.6 is 11.8 Å². The summed E-state index contributed by atoms with van der Waals surface area (Å²) in [5.74, 6) is -2.73. The van der Waals surface area contributed by atoms with E-state index >= 15 is 0 Å². The van der Waals surface area contributed by atoms with Gasteiger partial charge in [-0.1, -0.05) is 18.2 Å². The van der Waals surface area contributed by atoms with E-state index in [1.165, 1.54) is 11.8 Å². The molecule has 7 nitrogen and oxygen atoms in total. The summed E-state index contributed by atoms with van der Waals surface area (Å²) in [7, 11) is 0. The summed E-state index contributed by atoms with van der Waals surface area (Å²) in [6, 6.07) is 8.33. The number of carboxylic acid groups (broad SMARTS) is 2. The molecule has 8 heteroatoms. The lowest BCUT2D eigenvalue weighted by Gasteiger charge is -2.15. The number of hydrogen-bond acceptors (Lipinski definition) is 5. The molecule has 0 saturated carbocycles. The lowest BCUT2D eigenvalue weighted by molar-refractivity contribution is -0.141. The molecule has 1 amide bonds. The van der Waals surface area contributed by atoms with Gasteiger partial charge in [-0.2, -0.15) is 0 Å². The highest BCUT2D eigenvalue weighted by Crippen LogP contribution is 2.28. The van der Waals surface area contributed by atoms with E-state index in [0.717, 1.165) is 21.5 Å². The minimum absolute atomic E-state index is 0.127. The van der Waals surface area contributed by atoms with Gasteiger partial charge >= 0.3 is 11.9 Å². The molecule has 3 N–H and O–H groups in total. The third-order valence-corrected chi connectivity index (χ3v) is 4.56. The van der Waals surface area contributed by atoms with Gasteiger partial charge in [-0.3, -0.25) is 14.6 Å². The van der Waals surface area contributed by atoms with E-state index in [1.807, 2.05) is 37.3 Å². The highest BCUT2D eigenvalue weighted by Gasteiger charge is 2.21. The van der Waals surface area contributed by atoms with Crippen molar-refractivity contribution in [3.8, 4) is 0 Å². The summed E-state index contributed by atoms with van der Waals surface area (Å²) in [6.07, 6.45) is -0.583. The number of thioether (sulfide) groups is 1. The fourth-order valence-corrected chi connectivity index (χ4v) is 3.38. The average Bonchev–Trinajstić information content (AvgIpc) is 2.56. The van der Waals surface area contributed by atoms with Crippen molar-refractivity contribution >= 4 is 40.5 Å². The Morgan fingerprint density at radius 1 is 1.20 bits per heavy atom. The highest BCUT2D eigenvalue weighted by atomic mass is 32.2. The first kappa shape index (κ1) is 18.7. The van der Waals surface area contributed by atoms with Crippen LogP contribution in [0.2, 0.25) is 0 Å². The number of carboxylic acids is 2. The largest absolute Gasteiger partial charge is 0.481 e. The molecule has 1 aromatic carbocycles. The Morgan fingerprint density at radius 3 is 2.60 bits per heavy atom. The van der Waals surface area contributed by atoms with E-state index in [2.05, 4.69) is 10.3 Å². The van der Waals surface area contributed by atoms with E-state index in [9.17, 15) is 19.5 Å². The summed E-state index contributed by atoms with van der Waals surface area (Å²) in [6.45, 7) is 1.86. The second-order valence-electron chi connectivity index (χ2n) is 5.44. The van der Waals surface area contributed by atoms with E-state index in [0.29, 0.717) is 0 Å². The van der Waals surface area contributed by atoms with Crippen molar-refractivity contribution in [1.29, 1.82) is 0 Å². The molecule has 25 heavy (non-hydrogen) atoms. The summed E-state index contributed by atoms with van der Waals surface area (Å²) in [5, 5.41) is 21.1. The molecule has 1 heterocycles. The van der Waals surface area contributed by atoms with Gasteiger partial charge in [0.2, 0.25) is 5.91 Å². The maximum atomic E-state index is 11.7. The van der Waals surface area contributed by atoms with E-state index < -0.39 is 23.9 Å². The van der Waals surface area contributed by atoms with Gasteiger partial charge in [0, 0.05) is 28.1 Å². The first-order valence-corrected chi connectivity index (χ1v) is 8.58. The number of fused-ring (bicyclic) bond motifs is 1. The molecular weight excluding hydrogens is 344 g/mol. The zero-order valence-corrected chi connectivity index (χ0v) is 14.4. The molecule has 2 aromatic rings. The number of aromatic nitrogens is 1. The Hall–Kier alpha value is -2.61. The molecule has 0 aliphatic rings. The SMILES string of the molecule is Cc1cc(SC[C@@H](NC(=O)CCC(=O)O)C(=O)O)c2ccccc2n1. The third-order valence-electron chi connectivity index (χ3n) is 3.41. The minimum Gasteiger partial charge on any atom is -0.481 e. The number of nitrogens with zero attached hydrogens (tertiary/aromatic N) is 1. The number of hydrogen-bond donors (Lipinski definition) is 3. The van der Waals surface area contributed by atoms with Gasteiger partial charge in [0.1, 0.15) is 6.04 Å². The summed E-state index contributed by atoms with van der Waals surface area (Å²) in [4.78, 5) is 38.9. The lowest BCUT2D eigenvalue weighted by Crippen LogP contribution is -2.42. The van der Waals surface area contributed by atoms with Crippen molar-refractivity contribution in [2.75, 3.05) is 5.75 Å². The molecule has 0 aliphatic heterocycles. The Balaban J connectivity index is 2.08. The first-order valence-electron chi connectivity index (χ1n) is 7.60. The molecule has 0 spiro atoms. The van der Waals surface area contributed by atoms with Crippen molar-refractivity contribution in [3.05, 3.63) is 36.0 Å². The first-order chi connectivity index (χ1) is 11.9. The van der Waals surface area contributed by atoms with E-state index in [4.69, 9.17) is 5.11 Å². The second kappa shape index (κ2) is 8.48. The van der Waals surface area contributed by atoms with Crippen molar-refractivity contribution < 1.29 is 24.6 Å². The van der Waals surface area contributed by atoms with Gasteiger partial charge < -0.3 is 15.5 Å². The molecule has 1 aromatic heterocycles. The number of amides is 1. The van der Waals surface area contributed by atoms with Crippen molar-refractivity contribution in [3.63, 3.8) is 0 Å². The fourth-order valence-electron chi connectivity index (χ4n) is 2.22. The van der Waals surface area contributed by atoms with Crippen LogP contribution in [0.3, 0.4) is 0 Å². The van der Waals surface area contributed by atoms with Crippen LogP contribution in [0.4, 0.5) is 0 Å². The number of rotatable bonds is 8. The summed E-state index contributed by atoms with van der Waals surface area (Å²) in [5.41, 5.74) is 1.64. The Bertz CT molecular complexity index is 809. The minimum atomic E-state index is -1.16. The normalized spacial score (nSPS) is 11.9. The monoisotopic (exact) mass is 362 g/mol. The molecule has 1 atom stereocenters. The molecule has 132 valence electrons. The Kier molecular flexibility index (Phi) is 6.35. The summed E-state index contributed by atoms with van der Waals surface area (Å²) >= 11 is 1.32. The van der Waals surface area contributed by atoms with E-state index in [-0.39, 0.29) is 18.6 Å². The number of carbonyl (C=O) groups excluding carboxylic acids is 1. The predicted octanol–water partition coefficient (Wildman–Crippen LogP) is 2.07. The van der Waals surface area contributed by atoms with E-state index in [1.54, 1.807) is 0 Å². The smallest absolute Gasteiger partial charge is 0.327 e. The third kappa shape index (κ3) is 5.46. The van der Waals surface area contributed by atoms with Gasteiger partial charge in [-0.15, -0.1) is 11.8 Å². The van der Waals surface area contributed by atoms with Gasteiger partial charge in [0.15, 0.2) is 0 Å². The lowest BCUT2D eigenvalue weighted by atomic mass is 10.2. The van der Waals surface area contributed by atoms with Gasteiger partial charge in [0.05, 0.1) is 11.9 Å². The number of aliphatic carboxylic acids is 2. The van der Waals surface area contributed by atoms with Crippen LogP contribution in [0.15, 0.2) is 35.2 Å². The molecule has 0 radical (unpaired) electrons. The standard InChI is InChI=1S/C17H18N2O5S/c1-10-8-14(11-4-2-3-5-12(11)18-10)25-9-13(17(23)24)19-15(20)6-7-16(21)22/h2-5,8,13H,6-7,9H2,1H3,(H,19,20)(H,21,22)(H,23,24)/t13-/m1/s1. The molecule has 2 rings (SSSR count). The van der Waals surface area contributed by atoms with Crippen molar-refractivity contribution in [2.45, 2.75) is 30.7 Å². The Morgan fingerprint density at radius 2 is 1.92 bits per heavy atom. The number of aryl methyl sites for hydroxylation is 1. The molecular formula is C17H18N2O5S. The van der Waals surface area contributed by atoms with Crippen LogP contribution in [0, 0.1) is 6.92 Å². The van der Waals surface area contributed by atoms with Crippen LogP contribution < -0.4 is 5.32 Å². The van der Waals surface area contributed by atoms with Crippen LogP contribution in [-0.4, -0.2) is 44.8 Å². The number of carbonyl (C=O) groups is 3. The molecule has 0 saturated heterocycles. The summed E-state index contributed by atoms with van der Waals surface area (Å²) < 4.78 is 0. The number of pyridine rings is 1. The zero-order chi connectivity index (χ0) is 18.4. The van der Waals surface area contributed by atoms with Gasteiger partial charge in [0.25, 0.3) is 0 Å². The molecule has 0 aliphatic carbocycles. The van der Waals surface area contributed by atoms with Crippen LogP contribution in [0.5, 0.6) is 0 Å². The number of benzene rings is 1. The van der Waals surface area contributed by atoms with Crippen molar-refractivity contribution in [1.82, 2.24) is 10.3 Å². The quantitative estimate of drug-likeness (QED) is 0.615.